The van der Waals surface area contributed by atoms with Crippen LogP contribution in [0.4, 0.5) is 0 Å². The third-order valence-corrected chi connectivity index (χ3v) is 4.03. The molecule has 0 saturated heterocycles. The van der Waals surface area contributed by atoms with Crippen LogP contribution in [0.25, 0.3) is 21.3 Å². The third kappa shape index (κ3) is 1.93. The minimum atomic E-state index is 0.491. The summed E-state index contributed by atoms with van der Waals surface area (Å²) < 4.78 is 0. The van der Waals surface area contributed by atoms with Crippen molar-refractivity contribution in [3.05, 3.63) is 53.5 Å². The average molecular weight is 253 g/mol. The van der Waals surface area contributed by atoms with E-state index >= 15 is 0 Å². The lowest BCUT2D eigenvalue weighted by molar-refractivity contribution is 0.834. The third-order valence-electron chi connectivity index (χ3n) is 3.13. The van der Waals surface area contributed by atoms with E-state index in [0.717, 1.165) is 5.01 Å². The topological polar surface area (TPSA) is 12.9 Å². The van der Waals surface area contributed by atoms with E-state index in [0.29, 0.717) is 5.92 Å². The molecule has 0 unspecified atom stereocenters. The first-order valence-corrected chi connectivity index (χ1v) is 7.07. The predicted molar refractivity (Wildman–Crippen MR) is 79.1 cm³/mol. The number of benzene rings is 2. The van der Waals surface area contributed by atoms with Crippen LogP contribution in [0, 0.1) is 0 Å². The molecule has 0 amide bonds. The van der Waals surface area contributed by atoms with Gasteiger partial charge in [0.15, 0.2) is 0 Å². The Morgan fingerprint density at radius 3 is 2.56 bits per heavy atom. The molecule has 0 fully saturated rings. The Morgan fingerprint density at radius 2 is 1.78 bits per heavy atom. The lowest BCUT2D eigenvalue weighted by atomic mass is 10.1. The van der Waals surface area contributed by atoms with Crippen LogP contribution in [0.2, 0.25) is 0 Å². The second-order valence-corrected chi connectivity index (χ2v) is 5.62. The molecule has 0 saturated carbocycles. The van der Waals surface area contributed by atoms with Crippen LogP contribution in [-0.4, -0.2) is 4.98 Å². The highest BCUT2D eigenvalue weighted by atomic mass is 32.1. The summed E-state index contributed by atoms with van der Waals surface area (Å²) in [5.41, 5.74) is 2.42. The van der Waals surface area contributed by atoms with Gasteiger partial charge in [0.05, 0.1) is 5.69 Å². The fourth-order valence-electron chi connectivity index (χ4n) is 2.09. The van der Waals surface area contributed by atoms with Crippen LogP contribution >= 0.6 is 11.3 Å². The molecule has 0 aliphatic rings. The standard InChI is InChI=1S/C16H15NS/c1-11(2)15-10-18-16(17-15)14-9-5-7-12-6-3-4-8-13(12)14/h3-11H,1-2H3. The Balaban J connectivity index is 2.18. The maximum Gasteiger partial charge on any atom is 0.124 e. The number of nitrogens with zero attached hydrogens (tertiary/aromatic N) is 1. The molecule has 1 aromatic heterocycles. The van der Waals surface area contributed by atoms with E-state index in [1.54, 1.807) is 11.3 Å². The van der Waals surface area contributed by atoms with E-state index in [4.69, 9.17) is 4.98 Å². The number of thiazole rings is 1. The van der Waals surface area contributed by atoms with Gasteiger partial charge in [-0.25, -0.2) is 4.98 Å². The molecule has 0 radical (unpaired) electrons. The highest BCUT2D eigenvalue weighted by Gasteiger charge is 2.09. The molecule has 2 aromatic carbocycles. The van der Waals surface area contributed by atoms with Gasteiger partial charge in [0.25, 0.3) is 0 Å². The lowest BCUT2D eigenvalue weighted by Crippen LogP contribution is -1.87. The number of fused-ring (bicyclic) bond motifs is 1. The van der Waals surface area contributed by atoms with Gasteiger partial charge in [0.2, 0.25) is 0 Å². The SMILES string of the molecule is CC(C)c1csc(-c2cccc3ccccc23)n1. The first-order chi connectivity index (χ1) is 8.75. The Morgan fingerprint density at radius 1 is 1.00 bits per heavy atom. The van der Waals surface area contributed by atoms with E-state index in [-0.39, 0.29) is 0 Å². The number of rotatable bonds is 2. The Bertz CT molecular complexity index is 677. The van der Waals surface area contributed by atoms with Crippen molar-refractivity contribution < 1.29 is 0 Å². The molecule has 3 aromatic rings. The highest BCUT2D eigenvalue weighted by Crippen LogP contribution is 2.32. The minimum Gasteiger partial charge on any atom is -0.241 e. The summed E-state index contributed by atoms with van der Waals surface area (Å²) in [6.45, 7) is 4.36. The summed E-state index contributed by atoms with van der Waals surface area (Å²) >= 11 is 1.73. The minimum absolute atomic E-state index is 0.491. The molecule has 1 heterocycles. The van der Waals surface area contributed by atoms with Gasteiger partial charge in [-0.15, -0.1) is 11.3 Å². The Labute approximate surface area is 111 Å². The smallest absolute Gasteiger partial charge is 0.124 e. The first-order valence-electron chi connectivity index (χ1n) is 6.19. The maximum atomic E-state index is 4.75. The van der Waals surface area contributed by atoms with Crippen LogP contribution in [0.3, 0.4) is 0 Å². The van der Waals surface area contributed by atoms with Gasteiger partial charge < -0.3 is 0 Å². The maximum absolute atomic E-state index is 4.75. The van der Waals surface area contributed by atoms with Gasteiger partial charge in [-0.3, -0.25) is 0 Å². The van der Waals surface area contributed by atoms with Crippen molar-refractivity contribution in [3.8, 4) is 10.6 Å². The molecule has 0 atom stereocenters. The molecule has 2 heteroatoms. The van der Waals surface area contributed by atoms with Crippen molar-refractivity contribution in [1.82, 2.24) is 4.98 Å². The van der Waals surface area contributed by atoms with Gasteiger partial charge in [0, 0.05) is 10.9 Å². The molecule has 0 bridgehead atoms. The second kappa shape index (κ2) is 4.54. The summed E-state index contributed by atoms with van der Waals surface area (Å²) in [7, 11) is 0. The molecule has 3 rings (SSSR count). The van der Waals surface area contributed by atoms with Crippen molar-refractivity contribution in [2.45, 2.75) is 19.8 Å². The number of hydrogen-bond donors (Lipinski definition) is 0. The van der Waals surface area contributed by atoms with E-state index in [1.807, 2.05) is 0 Å². The van der Waals surface area contributed by atoms with Crippen LogP contribution in [0.5, 0.6) is 0 Å². The summed E-state index contributed by atoms with van der Waals surface area (Å²) in [4.78, 5) is 4.75. The van der Waals surface area contributed by atoms with Crippen LogP contribution < -0.4 is 0 Å². The zero-order valence-electron chi connectivity index (χ0n) is 10.6. The van der Waals surface area contributed by atoms with Crippen molar-refractivity contribution in [2.24, 2.45) is 0 Å². The molecule has 90 valence electrons. The molecule has 18 heavy (non-hydrogen) atoms. The van der Waals surface area contributed by atoms with E-state index < -0.39 is 0 Å². The summed E-state index contributed by atoms with van der Waals surface area (Å²) in [6.07, 6.45) is 0. The van der Waals surface area contributed by atoms with Crippen LogP contribution in [0.1, 0.15) is 25.5 Å². The van der Waals surface area contributed by atoms with Crippen LogP contribution in [-0.2, 0) is 0 Å². The zero-order chi connectivity index (χ0) is 12.5. The average Bonchev–Trinajstić information content (AvgIpc) is 2.87. The summed E-state index contributed by atoms with van der Waals surface area (Å²) in [5.74, 6) is 0.491. The van der Waals surface area contributed by atoms with Gasteiger partial charge in [-0.2, -0.15) is 0 Å². The Kier molecular flexibility index (Phi) is 2.88. The summed E-state index contributed by atoms with van der Waals surface area (Å²) in [6, 6.07) is 14.9. The van der Waals surface area contributed by atoms with Crippen molar-refractivity contribution in [1.29, 1.82) is 0 Å². The highest BCUT2D eigenvalue weighted by molar-refractivity contribution is 7.13. The molecule has 0 aliphatic carbocycles. The monoisotopic (exact) mass is 253 g/mol. The fourth-order valence-corrected chi connectivity index (χ4v) is 3.11. The van der Waals surface area contributed by atoms with Gasteiger partial charge in [-0.1, -0.05) is 56.3 Å². The van der Waals surface area contributed by atoms with Gasteiger partial charge in [-0.05, 0) is 16.7 Å². The molecular weight excluding hydrogens is 238 g/mol. The first kappa shape index (κ1) is 11.4. The van der Waals surface area contributed by atoms with E-state index in [2.05, 4.69) is 61.7 Å². The predicted octanol–water partition coefficient (Wildman–Crippen LogP) is 5.09. The fraction of sp³-hybridized carbons (Fsp3) is 0.188. The van der Waals surface area contributed by atoms with Crippen molar-refractivity contribution in [2.75, 3.05) is 0 Å². The van der Waals surface area contributed by atoms with Crippen molar-refractivity contribution >= 4 is 22.1 Å². The molecule has 0 spiro atoms. The molecule has 1 nitrogen and oxygen atoms in total. The van der Waals surface area contributed by atoms with Crippen LogP contribution in [0.15, 0.2) is 47.8 Å². The Hall–Kier alpha value is -1.67. The van der Waals surface area contributed by atoms with Gasteiger partial charge >= 0.3 is 0 Å². The number of hydrogen-bond acceptors (Lipinski definition) is 2. The zero-order valence-corrected chi connectivity index (χ0v) is 11.4. The summed E-state index contributed by atoms with van der Waals surface area (Å²) in [5, 5.41) is 5.85. The van der Waals surface area contributed by atoms with Crippen molar-refractivity contribution in [3.63, 3.8) is 0 Å². The quantitative estimate of drug-likeness (QED) is 0.620. The molecule has 0 N–H and O–H groups in total. The normalized spacial score (nSPS) is 11.3. The molecular formula is C16H15NS. The van der Waals surface area contributed by atoms with E-state index in [9.17, 15) is 0 Å². The van der Waals surface area contributed by atoms with E-state index in [1.165, 1.54) is 22.0 Å². The van der Waals surface area contributed by atoms with Gasteiger partial charge in [0.1, 0.15) is 5.01 Å². The second-order valence-electron chi connectivity index (χ2n) is 4.76. The number of aromatic nitrogens is 1. The largest absolute Gasteiger partial charge is 0.241 e. The lowest BCUT2D eigenvalue weighted by Gasteiger charge is -2.03. The molecule has 0 aliphatic heterocycles.